The largest absolute Gasteiger partial charge is 0.295 e. The van der Waals surface area contributed by atoms with Gasteiger partial charge in [0, 0.05) is 6.42 Å². The third-order valence-corrected chi connectivity index (χ3v) is 4.31. The van der Waals surface area contributed by atoms with Crippen molar-refractivity contribution in [3.05, 3.63) is 12.2 Å². The molecule has 3 atom stereocenters. The fraction of sp³-hybridized carbons (Fsp3) is 0.769. The molecule has 78 valence electrons. The van der Waals surface area contributed by atoms with Crippen LogP contribution in [-0.4, -0.2) is 5.78 Å². The van der Waals surface area contributed by atoms with Gasteiger partial charge in [0.25, 0.3) is 0 Å². The molecule has 1 heteroatoms. The highest BCUT2D eigenvalue weighted by molar-refractivity contribution is 5.91. The Balaban J connectivity index is 2.26. The Morgan fingerprint density at radius 1 is 1.50 bits per heavy atom. The maximum absolute atomic E-state index is 11.4. The average Bonchev–Trinajstić information content (AvgIpc) is 2.43. The van der Waals surface area contributed by atoms with Crippen molar-refractivity contribution >= 4 is 5.78 Å². The van der Waals surface area contributed by atoms with Gasteiger partial charge in [-0.2, -0.15) is 0 Å². The number of hydrogen-bond acceptors (Lipinski definition) is 1. The van der Waals surface area contributed by atoms with Crippen molar-refractivity contribution in [1.29, 1.82) is 0 Å². The van der Waals surface area contributed by atoms with Crippen molar-refractivity contribution in [2.45, 2.75) is 40.0 Å². The molecule has 0 N–H and O–H groups in total. The Morgan fingerprint density at radius 3 is 2.86 bits per heavy atom. The Hall–Kier alpha value is -0.590. The molecule has 1 nitrogen and oxygen atoms in total. The molecule has 0 aromatic rings. The SMILES string of the molecule is CC(C)[C@@H]1CC[C@]2(C)C=CC(=O)C[C@@H]12. The molecule has 0 aromatic heterocycles. The van der Waals surface area contributed by atoms with Gasteiger partial charge in [-0.1, -0.05) is 26.8 Å². The minimum atomic E-state index is 0.322. The zero-order chi connectivity index (χ0) is 10.3. The summed E-state index contributed by atoms with van der Waals surface area (Å²) in [6.07, 6.45) is 7.34. The van der Waals surface area contributed by atoms with E-state index in [0.717, 1.165) is 18.3 Å². The smallest absolute Gasteiger partial charge is 0.155 e. The highest BCUT2D eigenvalue weighted by Crippen LogP contribution is 2.53. The van der Waals surface area contributed by atoms with Crippen LogP contribution in [-0.2, 0) is 4.79 Å². The van der Waals surface area contributed by atoms with Crippen LogP contribution in [0.4, 0.5) is 0 Å². The quantitative estimate of drug-likeness (QED) is 0.623. The van der Waals surface area contributed by atoms with E-state index in [1.54, 1.807) is 6.08 Å². The van der Waals surface area contributed by atoms with Crippen LogP contribution in [0.1, 0.15) is 40.0 Å². The number of fused-ring (bicyclic) bond motifs is 1. The lowest BCUT2D eigenvalue weighted by atomic mass is 9.69. The number of ketones is 1. The summed E-state index contributed by atoms with van der Waals surface area (Å²) in [6, 6.07) is 0. The third-order valence-electron chi connectivity index (χ3n) is 4.31. The standard InChI is InChI=1S/C13H20O/c1-9(2)11-5-7-13(3)6-4-10(14)8-12(11)13/h4,6,9,11-12H,5,7-8H2,1-3H3/t11-,12-,13-/m0/s1. The first-order valence-corrected chi connectivity index (χ1v) is 5.75. The first kappa shape index (κ1) is 9.95. The average molecular weight is 192 g/mol. The maximum atomic E-state index is 11.4. The molecule has 0 amide bonds. The van der Waals surface area contributed by atoms with Gasteiger partial charge in [0.15, 0.2) is 5.78 Å². The van der Waals surface area contributed by atoms with E-state index in [4.69, 9.17) is 0 Å². The van der Waals surface area contributed by atoms with Crippen molar-refractivity contribution in [3.63, 3.8) is 0 Å². The summed E-state index contributed by atoms with van der Waals surface area (Å²) in [5.74, 6) is 2.43. The molecule has 2 aliphatic rings. The number of carbonyl (C=O) groups excluding carboxylic acids is 1. The zero-order valence-electron chi connectivity index (χ0n) is 9.42. The van der Waals surface area contributed by atoms with Crippen molar-refractivity contribution in [1.82, 2.24) is 0 Å². The van der Waals surface area contributed by atoms with Gasteiger partial charge in [0.2, 0.25) is 0 Å². The van der Waals surface area contributed by atoms with Crippen molar-refractivity contribution in [2.75, 3.05) is 0 Å². The molecule has 0 unspecified atom stereocenters. The first-order valence-electron chi connectivity index (χ1n) is 5.75. The normalized spacial score (nSPS) is 41.9. The van der Waals surface area contributed by atoms with Gasteiger partial charge >= 0.3 is 0 Å². The van der Waals surface area contributed by atoms with E-state index in [9.17, 15) is 4.79 Å². The van der Waals surface area contributed by atoms with E-state index >= 15 is 0 Å². The summed E-state index contributed by atoms with van der Waals surface area (Å²) in [4.78, 5) is 11.4. The van der Waals surface area contributed by atoms with E-state index in [1.807, 2.05) is 0 Å². The number of rotatable bonds is 1. The Kier molecular flexibility index (Phi) is 2.29. The van der Waals surface area contributed by atoms with Gasteiger partial charge in [0.1, 0.15) is 0 Å². The minimum absolute atomic E-state index is 0.322. The molecule has 0 aliphatic heterocycles. The fourth-order valence-corrected chi connectivity index (χ4v) is 3.31. The second-order valence-electron chi connectivity index (χ2n) is 5.56. The van der Waals surface area contributed by atoms with Crippen LogP contribution in [0, 0.1) is 23.2 Å². The Morgan fingerprint density at radius 2 is 2.21 bits per heavy atom. The molecule has 0 aromatic carbocycles. The lowest BCUT2D eigenvalue weighted by Gasteiger charge is -2.35. The first-order chi connectivity index (χ1) is 6.53. The topological polar surface area (TPSA) is 17.1 Å². The van der Waals surface area contributed by atoms with Crippen LogP contribution in [0.15, 0.2) is 12.2 Å². The molecule has 0 radical (unpaired) electrons. The molecule has 2 aliphatic carbocycles. The predicted molar refractivity (Wildman–Crippen MR) is 57.9 cm³/mol. The lowest BCUT2D eigenvalue weighted by molar-refractivity contribution is -0.117. The molecule has 1 fully saturated rings. The molecule has 0 saturated heterocycles. The minimum Gasteiger partial charge on any atom is -0.295 e. The van der Waals surface area contributed by atoms with Crippen LogP contribution in [0.2, 0.25) is 0 Å². The van der Waals surface area contributed by atoms with Gasteiger partial charge in [-0.25, -0.2) is 0 Å². The summed E-state index contributed by atoms with van der Waals surface area (Å²) in [6.45, 7) is 6.90. The molecular formula is C13H20O. The van der Waals surface area contributed by atoms with Crippen molar-refractivity contribution < 1.29 is 4.79 Å². The summed E-state index contributed by atoms with van der Waals surface area (Å²) >= 11 is 0. The summed E-state index contributed by atoms with van der Waals surface area (Å²) in [7, 11) is 0. The van der Waals surface area contributed by atoms with E-state index in [0.29, 0.717) is 17.1 Å². The highest BCUT2D eigenvalue weighted by atomic mass is 16.1. The summed E-state index contributed by atoms with van der Waals surface area (Å²) < 4.78 is 0. The van der Waals surface area contributed by atoms with Gasteiger partial charge in [-0.05, 0) is 42.1 Å². The lowest BCUT2D eigenvalue weighted by Crippen LogP contribution is -2.30. The molecule has 0 heterocycles. The van der Waals surface area contributed by atoms with Gasteiger partial charge in [0.05, 0.1) is 0 Å². The third kappa shape index (κ3) is 1.43. The molecule has 0 spiro atoms. The molecule has 1 saturated carbocycles. The van der Waals surface area contributed by atoms with Crippen LogP contribution in [0.25, 0.3) is 0 Å². The molecule has 2 rings (SSSR count). The van der Waals surface area contributed by atoms with E-state index < -0.39 is 0 Å². The molecular weight excluding hydrogens is 172 g/mol. The van der Waals surface area contributed by atoms with Crippen LogP contribution < -0.4 is 0 Å². The van der Waals surface area contributed by atoms with Gasteiger partial charge < -0.3 is 0 Å². The van der Waals surface area contributed by atoms with Gasteiger partial charge in [-0.15, -0.1) is 0 Å². The zero-order valence-corrected chi connectivity index (χ0v) is 9.42. The summed E-state index contributed by atoms with van der Waals surface area (Å²) in [5.41, 5.74) is 0.322. The summed E-state index contributed by atoms with van der Waals surface area (Å²) in [5, 5.41) is 0. The number of carbonyl (C=O) groups is 1. The monoisotopic (exact) mass is 192 g/mol. The second-order valence-corrected chi connectivity index (χ2v) is 5.56. The van der Waals surface area contributed by atoms with Gasteiger partial charge in [-0.3, -0.25) is 4.79 Å². The highest BCUT2D eigenvalue weighted by Gasteiger charge is 2.46. The fourth-order valence-electron chi connectivity index (χ4n) is 3.31. The maximum Gasteiger partial charge on any atom is 0.155 e. The molecule has 14 heavy (non-hydrogen) atoms. The second kappa shape index (κ2) is 3.22. The Labute approximate surface area is 86.6 Å². The van der Waals surface area contributed by atoms with Crippen LogP contribution in [0.5, 0.6) is 0 Å². The van der Waals surface area contributed by atoms with Crippen LogP contribution in [0.3, 0.4) is 0 Å². The molecule has 0 bridgehead atoms. The number of hydrogen-bond donors (Lipinski definition) is 0. The van der Waals surface area contributed by atoms with E-state index in [1.165, 1.54) is 12.8 Å². The number of allylic oxidation sites excluding steroid dienone is 2. The predicted octanol–water partition coefficient (Wildman–Crippen LogP) is 3.20. The Bertz CT molecular complexity index is 277. The van der Waals surface area contributed by atoms with Crippen molar-refractivity contribution in [3.8, 4) is 0 Å². The van der Waals surface area contributed by atoms with E-state index in [-0.39, 0.29) is 0 Å². The van der Waals surface area contributed by atoms with E-state index in [2.05, 4.69) is 26.8 Å². The van der Waals surface area contributed by atoms with Crippen molar-refractivity contribution in [2.24, 2.45) is 23.2 Å². The van der Waals surface area contributed by atoms with Crippen LogP contribution >= 0.6 is 0 Å².